The number of hydrogen-bond donors (Lipinski definition) is 1. The molecule has 0 saturated carbocycles. The molecule has 0 atom stereocenters. The molecule has 23 heavy (non-hydrogen) atoms. The molecule has 2 aromatic rings. The molecule has 0 bridgehead atoms. The zero-order valence-electron chi connectivity index (χ0n) is 13.7. The van der Waals surface area contributed by atoms with E-state index in [9.17, 15) is 9.90 Å². The van der Waals surface area contributed by atoms with Gasteiger partial charge in [-0.1, -0.05) is 44.2 Å². The van der Waals surface area contributed by atoms with E-state index in [1.54, 1.807) is 18.3 Å². The van der Waals surface area contributed by atoms with Crippen molar-refractivity contribution in [1.29, 1.82) is 0 Å². The molecule has 0 spiro atoms. The number of fused-ring (bicyclic) bond motifs is 1. The Morgan fingerprint density at radius 3 is 2.61 bits per heavy atom. The molecule has 1 N–H and O–H groups in total. The van der Waals surface area contributed by atoms with Gasteiger partial charge in [0.2, 0.25) is 0 Å². The van der Waals surface area contributed by atoms with Gasteiger partial charge in [-0.3, -0.25) is 9.78 Å². The lowest BCUT2D eigenvalue weighted by Crippen LogP contribution is -1.99. The maximum absolute atomic E-state index is 10.3. The summed E-state index contributed by atoms with van der Waals surface area (Å²) in [5.41, 5.74) is 0.546. The average molecular weight is 338 g/mol. The average Bonchev–Trinajstić information content (AvgIpc) is 2.55. The molecule has 0 aliphatic rings. The Kier molecular flexibility index (Phi) is 9.07. The van der Waals surface area contributed by atoms with Crippen LogP contribution in [0.3, 0.4) is 0 Å². The Hall–Kier alpha value is -1.81. The summed E-state index contributed by atoms with van der Waals surface area (Å²) in [5, 5.41) is 10.8. The second-order valence-electron chi connectivity index (χ2n) is 5.22. The quantitative estimate of drug-likeness (QED) is 0.587. The van der Waals surface area contributed by atoms with E-state index in [1.165, 1.54) is 38.7 Å². The number of rotatable bonds is 6. The molecule has 0 fully saturated rings. The van der Waals surface area contributed by atoms with Crippen LogP contribution in [0.1, 0.15) is 46.0 Å². The van der Waals surface area contributed by atoms with Crippen molar-refractivity contribution >= 4 is 28.5 Å². The van der Waals surface area contributed by atoms with E-state index >= 15 is 0 Å². The van der Waals surface area contributed by atoms with Crippen molar-refractivity contribution in [1.82, 2.24) is 4.98 Å². The fourth-order valence-corrected chi connectivity index (χ4v) is 2.26. The first-order chi connectivity index (χ1) is 11.1. The summed E-state index contributed by atoms with van der Waals surface area (Å²) in [6.07, 6.45) is 7.63. The summed E-state index contributed by atoms with van der Waals surface area (Å²) in [5.74, 6) is -0.00417. The van der Waals surface area contributed by atoms with Crippen molar-refractivity contribution < 1.29 is 14.6 Å². The molecule has 0 aliphatic carbocycles. The van der Waals surface area contributed by atoms with Gasteiger partial charge in [0.1, 0.15) is 11.3 Å². The Labute approximate surface area is 142 Å². The summed E-state index contributed by atoms with van der Waals surface area (Å²) in [7, 11) is 0. The third-order valence-electron chi connectivity index (χ3n) is 3.25. The number of aromatic nitrogens is 1. The summed E-state index contributed by atoms with van der Waals surface area (Å²) >= 11 is 5.88. The number of hydrogen-bond acceptors (Lipinski definition) is 4. The molecule has 1 aromatic carbocycles. The van der Waals surface area contributed by atoms with Gasteiger partial charge in [-0.05, 0) is 30.7 Å². The number of ether oxygens (including phenoxy) is 1. The number of phenols is 1. The van der Waals surface area contributed by atoms with E-state index in [1.807, 2.05) is 6.07 Å². The highest BCUT2D eigenvalue weighted by atomic mass is 35.5. The molecule has 1 aromatic heterocycles. The smallest absolute Gasteiger partial charge is 0.302 e. The Balaban J connectivity index is 0.000000232. The maximum atomic E-state index is 10.3. The molecule has 0 unspecified atom stereocenters. The van der Waals surface area contributed by atoms with E-state index in [2.05, 4.69) is 11.9 Å². The number of benzene rings is 1. The van der Waals surface area contributed by atoms with E-state index in [-0.39, 0.29) is 11.7 Å². The second-order valence-corrected chi connectivity index (χ2v) is 5.63. The molecule has 0 aliphatic heterocycles. The number of halogens is 1. The van der Waals surface area contributed by atoms with E-state index in [4.69, 9.17) is 16.3 Å². The Morgan fingerprint density at radius 1 is 1.22 bits per heavy atom. The second kappa shape index (κ2) is 10.8. The summed E-state index contributed by atoms with van der Waals surface area (Å²) in [4.78, 5) is 14.3. The highest BCUT2D eigenvalue weighted by Gasteiger charge is 2.02. The topological polar surface area (TPSA) is 59.4 Å². The van der Waals surface area contributed by atoms with Crippen LogP contribution in [-0.4, -0.2) is 22.7 Å². The van der Waals surface area contributed by atoms with Gasteiger partial charge in [0.15, 0.2) is 0 Å². The molecule has 2 rings (SSSR count). The number of aromatic hydroxyl groups is 1. The van der Waals surface area contributed by atoms with Gasteiger partial charge < -0.3 is 9.84 Å². The molecule has 4 nitrogen and oxygen atoms in total. The van der Waals surface area contributed by atoms with Crippen molar-refractivity contribution in [2.45, 2.75) is 46.0 Å². The predicted octanol–water partition coefficient (Wildman–Crippen LogP) is 5.11. The molecule has 5 heteroatoms. The third kappa shape index (κ3) is 7.33. The molecular formula is C18H24ClNO3. The van der Waals surface area contributed by atoms with Crippen LogP contribution in [0.25, 0.3) is 10.9 Å². The highest BCUT2D eigenvalue weighted by molar-refractivity contribution is 6.35. The number of unbranched alkanes of at least 4 members (excludes halogenated alkanes) is 4. The summed E-state index contributed by atoms with van der Waals surface area (Å²) in [6, 6.07) is 6.80. The minimum absolute atomic E-state index is 0.162. The number of esters is 1. The van der Waals surface area contributed by atoms with Crippen LogP contribution in [0.4, 0.5) is 0 Å². The number of carbonyl (C=O) groups is 1. The van der Waals surface area contributed by atoms with Crippen LogP contribution >= 0.6 is 11.6 Å². The number of nitrogens with zero attached hydrogens (tertiary/aromatic N) is 1. The Bertz CT molecular complexity index is 576. The minimum atomic E-state index is -0.166. The SMILES string of the molecule is CCCCCCCOC(C)=O.Oc1ccc(Cl)c2cccnc12. The fraction of sp³-hybridized carbons (Fsp3) is 0.444. The van der Waals surface area contributed by atoms with Gasteiger partial charge in [-0.2, -0.15) is 0 Å². The predicted molar refractivity (Wildman–Crippen MR) is 93.8 cm³/mol. The zero-order valence-corrected chi connectivity index (χ0v) is 14.5. The zero-order chi connectivity index (χ0) is 17.1. The summed E-state index contributed by atoms with van der Waals surface area (Å²) < 4.78 is 4.78. The van der Waals surface area contributed by atoms with Crippen molar-refractivity contribution in [2.75, 3.05) is 6.61 Å². The number of pyridine rings is 1. The third-order valence-corrected chi connectivity index (χ3v) is 3.58. The van der Waals surface area contributed by atoms with Gasteiger partial charge in [0.05, 0.1) is 11.6 Å². The van der Waals surface area contributed by atoms with Crippen molar-refractivity contribution in [3.05, 3.63) is 35.5 Å². The number of carbonyl (C=O) groups excluding carboxylic acids is 1. The van der Waals surface area contributed by atoms with Gasteiger partial charge in [0, 0.05) is 18.5 Å². The molecule has 0 amide bonds. The summed E-state index contributed by atoms with van der Waals surface area (Å²) in [6.45, 7) is 4.23. The molecular weight excluding hydrogens is 314 g/mol. The molecule has 1 heterocycles. The van der Waals surface area contributed by atoms with Crippen LogP contribution in [-0.2, 0) is 9.53 Å². The van der Waals surface area contributed by atoms with Gasteiger partial charge in [-0.25, -0.2) is 0 Å². The fourth-order valence-electron chi connectivity index (χ4n) is 2.04. The first-order valence-corrected chi connectivity index (χ1v) is 8.29. The first kappa shape index (κ1) is 19.2. The highest BCUT2D eigenvalue weighted by Crippen LogP contribution is 2.28. The standard InChI is InChI=1S/C9H6ClNO.C9H18O2/c10-7-3-4-8(12)9-6(7)2-1-5-11-9;1-3-4-5-6-7-8-11-9(2)10/h1-5,12H;3-8H2,1-2H3. The Morgan fingerprint density at radius 2 is 1.96 bits per heavy atom. The van der Waals surface area contributed by atoms with E-state index < -0.39 is 0 Å². The van der Waals surface area contributed by atoms with Crippen molar-refractivity contribution in [3.8, 4) is 5.75 Å². The molecule has 0 radical (unpaired) electrons. The van der Waals surface area contributed by atoms with Gasteiger partial charge >= 0.3 is 5.97 Å². The van der Waals surface area contributed by atoms with Gasteiger partial charge in [0.25, 0.3) is 0 Å². The van der Waals surface area contributed by atoms with E-state index in [0.717, 1.165) is 11.8 Å². The van der Waals surface area contributed by atoms with Crippen LogP contribution in [0.2, 0.25) is 5.02 Å². The first-order valence-electron chi connectivity index (χ1n) is 7.91. The van der Waals surface area contributed by atoms with Crippen LogP contribution in [0.5, 0.6) is 5.75 Å². The minimum Gasteiger partial charge on any atom is -0.506 e. The normalized spacial score (nSPS) is 10.0. The number of phenolic OH excluding ortho intramolecular Hbond substituents is 1. The van der Waals surface area contributed by atoms with E-state index in [0.29, 0.717) is 17.1 Å². The van der Waals surface area contributed by atoms with Gasteiger partial charge in [-0.15, -0.1) is 0 Å². The lowest BCUT2D eigenvalue weighted by atomic mass is 10.2. The molecule has 126 valence electrons. The van der Waals surface area contributed by atoms with Crippen LogP contribution in [0.15, 0.2) is 30.5 Å². The van der Waals surface area contributed by atoms with Crippen molar-refractivity contribution in [2.24, 2.45) is 0 Å². The van der Waals surface area contributed by atoms with Crippen LogP contribution < -0.4 is 0 Å². The lowest BCUT2D eigenvalue weighted by molar-refractivity contribution is -0.141. The largest absolute Gasteiger partial charge is 0.506 e. The lowest BCUT2D eigenvalue weighted by Gasteiger charge is -2.00. The van der Waals surface area contributed by atoms with Crippen LogP contribution in [0, 0.1) is 0 Å². The molecule has 0 saturated heterocycles. The maximum Gasteiger partial charge on any atom is 0.302 e. The van der Waals surface area contributed by atoms with Crippen molar-refractivity contribution in [3.63, 3.8) is 0 Å². The monoisotopic (exact) mass is 337 g/mol.